The van der Waals surface area contributed by atoms with E-state index in [2.05, 4.69) is 27.3 Å². The number of likely N-dealkylation sites (tertiary alicyclic amines) is 1. The summed E-state index contributed by atoms with van der Waals surface area (Å²) in [6, 6.07) is 10.4. The van der Waals surface area contributed by atoms with E-state index in [1.54, 1.807) is 0 Å². The lowest BCUT2D eigenvalue weighted by molar-refractivity contribution is -0.137. The Labute approximate surface area is 166 Å². The van der Waals surface area contributed by atoms with Gasteiger partial charge in [0, 0.05) is 19.3 Å². The molecule has 8 heteroatoms. The van der Waals surface area contributed by atoms with Gasteiger partial charge in [0.2, 0.25) is 5.91 Å². The Bertz CT molecular complexity index is 773. The molecule has 1 aromatic heterocycles. The summed E-state index contributed by atoms with van der Waals surface area (Å²) >= 11 is 1.11. The third-order valence-electron chi connectivity index (χ3n) is 4.53. The lowest BCUT2D eigenvalue weighted by Crippen LogP contribution is -2.24. The molecule has 0 unspecified atom stereocenters. The predicted octanol–water partition coefficient (Wildman–Crippen LogP) is 4.10. The van der Waals surface area contributed by atoms with Crippen molar-refractivity contribution in [3.8, 4) is 0 Å². The second-order valence-electron chi connectivity index (χ2n) is 6.75. The van der Waals surface area contributed by atoms with Gasteiger partial charge in [-0.25, -0.2) is 4.98 Å². The fourth-order valence-corrected chi connectivity index (χ4v) is 3.66. The number of amides is 1. The van der Waals surface area contributed by atoms with Crippen LogP contribution in [0.15, 0.2) is 47.6 Å². The number of carbonyl (C=O) groups is 1. The minimum Gasteiger partial charge on any atom is -0.351 e. The van der Waals surface area contributed by atoms with Crippen LogP contribution in [0.3, 0.4) is 0 Å². The fraction of sp³-hybridized carbons (Fsp3) is 0.400. The first-order valence-electron chi connectivity index (χ1n) is 9.13. The molecule has 0 aliphatic carbocycles. The number of benzene rings is 1. The average Bonchev–Trinajstić information content (AvgIpc) is 3.18. The number of carbonyl (C=O) groups excluding carboxylic acids is 1. The Morgan fingerprint density at radius 2 is 1.75 bits per heavy atom. The molecule has 1 amide bonds. The van der Waals surface area contributed by atoms with Gasteiger partial charge in [0.05, 0.1) is 16.3 Å². The van der Waals surface area contributed by atoms with E-state index >= 15 is 0 Å². The van der Waals surface area contributed by atoms with E-state index < -0.39 is 11.7 Å². The summed E-state index contributed by atoms with van der Waals surface area (Å²) in [6.07, 6.45) is -1.09. The zero-order valence-electron chi connectivity index (χ0n) is 15.3. The van der Waals surface area contributed by atoms with Gasteiger partial charge in [-0.1, -0.05) is 36.0 Å². The van der Waals surface area contributed by atoms with Crippen molar-refractivity contribution in [2.75, 3.05) is 18.8 Å². The number of hydrogen-bond donors (Lipinski definition) is 1. The summed E-state index contributed by atoms with van der Waals surface area (Å²) < 4.78 is 37.5. The van der Waals surface area contributed by atoms with Crippen LogP contribution in [0.4, 0.5) is 13.2 Å². The van der Waals surface area contributed by atoms with Crippen LogP contribution in [0.5, 0.6) is 0 Å². The number of aromatic nitrogens is 1. The zero-order valence-corrected chi connectivity index (χ0v) is 16.2. The van der Waals surface area contributed by atoms with E-state index in [1.807, 2.05) is 12.1 Å². The van der Waals surface area contributed by atoms with Crippen LogP contribution in [-0.4, -0.2) is 34.6 Å². The lowest BCUT2D eigenvalue weighted by Gasteiger charge is -2.14. The monoisotopic (exact) mass is 409 g/mol. The maximum Gasteiger partial charge on any atom is 0.417 e. The maximum atomic E-state index is 12.5. The summed E-state index contributed by atoms with van der Waals surface area (Å²) in [5.41, 5.74) is 1.48. The number of rotatable bonds is 7. The summed E-state index contributed by atoms with van der Waals surface area (Å²) in [4.78, 5) is 18.1. The van der Waals surface area contributed by atoms with Gasteiger partial charge in [0.1, 0.15) is 0 Å². The van der Waals surface area contributed by atoms with Crippen molar-refractivity contribution in [2.24, 2.45) is 0 Å². The highest BCUT2D eigenvalue weighted by molar-refractivity contribution is 7.99. The molecule has 0 atom stereocenters. The van der Waals surface area contributed by atoms with Gasteiger partial charge < -0.3 is 5.32 Å². The Hall–Kier alpha value is -2.06. The van der Waals surface area contributed by atoms with Crippen molar-refractivity contribution in [3.63, 3.8) is 0 Å². The molecule has 4 nitrogen and oxygen atoms in total. The van der Waals surface area contributed by atoms with Gasteiger partial charge in [-0.2, -0.15) is 13.2 Å². The molecule has 2 aromatic rings. The maximum absolute atomic E-state index is 12.5. The van der Waals surface area contributed by atoms with Gasteiger partial charge in [-0.05, 0) is 49.2 Å². The lowest BCUT2D eigenvalue weighted by atomic mass is 10.1. The molecular formula is C20H22F3N3OS. The summed E-state index contributed by atoms with van der Waals surface area (Å²) in [7, 11) is 0. The molecule has 150 valence electrons. The molecule has 0 radical (unpaired) electrons. The van der Waals surface area contributed by atoms with Crippen LogP contribution in [0.1, 0.15) is 29.5 Å². The Morgan fingerprint density at radius 3 is 2.36 bits per heavy atom. The topological polar surface area (TPSA) is 45.2 Å². The molecule has 1 saturated heterocycles. The standard InChI is InChI=1S/C20H22F3N3OS/c21-20(22,23)17-7-8-19(25-12-17)28-14-18(27)24-11-15-3-5-16(6-4-15)13-26-9-1-2-10-26/h3-8,12H,1-2,9-11,13-14H2,(H,24,27). The van der Waals surface area contributed by atoms with Crippen LogP contribution >= 0.6 is 11.8 Å². The Kier molecular flexibility index (Phi) is 6.96. The highest BCUT2D eigenvalue weighted by Crippen LogP contribution is 2.29. The number of pyridine rings is 1. The van der Waals surface area contributed by atoms with E-state index in [9.17, 15) is 18.0 Å². The third kappa shape index (κ3) is 6.24. The number of hydrogen-bond acceptors (Lipinski definition) is 4. The number of thioether (sulfide) groups is 1. The highest BCUT2D eigenvalue weighted by Gasteiger charge is 2.30. The molecule has 1 aliphatic heterocycles. The van der Waals surface area contributed by atoms with Crippen molar-refractivity contribution in [3.05, 3.63) is 59.3 Å². The number of alkyl halides is 3. The van der Waals surface area contributed by atoms with Crippen molar-refractivity contribution < 1.29 is 18.0 Å². The smallest absolute Gasteiger partial charge is 0.351 e. The molecule has 0 saturated carbocycles. The number of halogens is 3. The van der Waals surface area contributed by atoms with Gasteiger partial charge in [0.25, 0.3) is 0 Å². The first-order valence-corrected chi connectivity index (χ1v) is 10.1. The van der Waals surface area contributed by atoms with Gasteiger partial charge in [-0.3, -0.25) is 9.69 Å². The van der Waals surface area contributed by atoms with Crippen LogP contribution in [-0.2, 0) is 24.1 Å². The molecule has 1 aromatic carbocycles. The highest BCUT2D eigenvalue weighted by atomic mass is 32.2. The first kappa shape index (κ1) is 20.7. The third-order valence-corrected chi connectivity index (χ3v) is 5.48. The second kappa shape index (κ2) is 9.43. The fourth-order valence-electron chi connectivity index (χ4n) is 2.99. The van der Waals surface area contributed by atoms with Crippen molar-refractivity contribution in [1.82, 2.24) is 15.2 Å². The SMILES string of the molecule is O=C(CSc1ccc(C(F)(F)F)cn1)NCc1ccc(CN2CCCC2)cc1. The van der Waals surface area contributed by atoms with Gasteiger partial charge in [0.15, 0.2) is 0 Å². The molecule has 3 rings (SSSR count). The van der Waals surface area contributed by atoms with Crippen LogP contribution in [0, 0.1) is 0 Å². The molecule has 1 fully saturated rings. The quantitative estimate of drug-likeness (QED) is 0.700. The zero-order chi connectivity index (χ0) is 20.0. The summed E-state index contributed by atoms with van der Waals surface area (Å²) in [6.45, 7) is 3.69. The van der Waals surface area contributed by atoms with E-state index in [1.165, 1.54) is 24.5 Å². The van der Waals surface area contributed by atoms with Crippen molar-refractivity contribution in [2.45, 2.75) is 37.1 Å². The van der Waals surface area contributed by atoms with E-state index in [-0.39, 0.29) is 11.7 Å². The number of nitrogens with one attached hydrogen (secondary N) is 1. The van der Waals surface area contributed by atoms with Crippen molar-refractivity contribution in [1.29, 1.82) is 0 Å². The number of nitrogens with zero attached hydrogens (tertiary/aromatic N) is 2. The Morgan fingerprint density at radius 1 is 1.07 bits per heavy atom. The van der Waals surface area contributed by atoms with E-state index in [0.717, 1.165) is 49.2 Å². The minimum absolute atomic E-state index is 0.103. The summed E-state index contributed by atoms with van der Waals surface area (Å²) in [5.74, 6) is -0.0846. The van der Waals surface area contributed by atoms with Crippen molar-refractivity contribution >= 4 is 17.7 Å². The van der Waals surface area contributed by atoms with Crippen LogP contribution in [0.2, 0.25) is 0 Å². The molecule has 2 heterocycles. The molecule has 0 spiro atoms. The molecule has 0 bridgehead atoms. The van der Waals surface area contributed by atoms with Crippen LogP contribution < -0.4 is 5.32 Å². The van der Waals surface area contributed by atoms with Gasteiger partial charge >= 0.3 is 6.18 Å². The van der Waals surface area contributed by atoms with Gasteiger partial charge in [-0.15, -0.1) is 0 Å². The summed E-state index contributed by atoms with van der Waals surface area (Å²) in [5, 5.41) is 3.20. The largest absolute Gasteiger partial charge is 0.417 e. The predicted molar refractivity (Wildman–Crippen MR) is 103 cm³/mol. The average molecular weight is 409 g/mol. The Balaban J connectivity index is 1.40. The molecule has 1 N–H and O–H groups in total. The minimum atomic E-state index is -4.41. The van der Waals surface area contributed by atoms with Crippen LogP contribution in [0.25, 0.3) is 0 Å². The molecule has 1 aliphatic rings. The normalized spacial score (nSPS) is 15.0. The second-order valence-corrected chi connectivity index (χ2v) is 7.74. The molecular weight excluding hydrogens is 387 g/mol. The van der Waals surface area contributed by atoms with E-state index in [4.69, 9.17) is 0 Å². The van der Waals surface area contributed by atoms with E-state index in [0.29, 0.717) is 11.6 Å². The first-order chi connectivity index (χ1) is 13.4. The molecule has 28 heavy (non-hydrogen) atoms.